The molecule has 8 heteroatoms. The second kappa shape index (κ2) is 6.19. The highest BCUT2D eigenvalue weighted by atomic mass is 32.2. The van der Waals surface area contributed by atoms with Crippen molar-refractivity contribution < 1.29 is 8.42 Å². The normalized spacial score (nSPS) is 21.5. The van der Waals surface area contributed by atoms with Crippen LogP contribution in [0.2, 0.25) is 0 Å². The number of nitrogens with zero attached hydrogens (tertiary/aromatic N) is 5. The van der Waals surface area contributed by atoms with Gasteiger partial charge in [-0.05, 0) is 12.8 Å². The fourth-order valence-corrected chi connectivity index (χ4v) is 4.45. The van der Waals surface area contributed by atoms with E-state index in [0.29, 0.717) is 26.2 Å². The van der Waals surface area contributed by atoms with Crippen LogP contribution < -0.4 is 0 Å². The summed E-state index contributed by atoms with van der Waals surface area (Å²) < 4.78 is 30.1. The van der Waals surface area contributed by atoms with Crippen LogP contribution >= 0.6 is 0 Å². The molecule has 2 rings (SSSR count). The largest absolute Gasteiger partial charge is 0.320 e. The molecule has 2 heterocycles. The SMILES string of the molecule is CCN(CC)S(=O)(=O)N1CCC[C@H](c2nncn2C)C1. The topological polar surface area (TPSA) is 71.3 Å². The van der Waals surface area contributed by atoms with Gasteiger partial charge in [-0.3, -0.25) is 0 Å². The first-order valence-electron chi connectivity index (χ1n) is 7.09. The van der Waals surface area contributed by atoms with Gasteiger partial charge in [0, 0.05) is 39.1 Å². The van der Waals surface area contributed by atoms with E-state index in [1.165, 1.54) is 4.31 Å². The molecule has 1 aromatic heterocycles. The molecule has 1 aliphatic rings. The fraction of sp³-hybridized carbons (Fsp3) is 0.833. The first kappa shape index (κ1) is 15.4. The van der Waals surface area contributed by atoms with Crippen molar-refractivity contribution >= 4 is 10.2 Å². The molecule has 0 saturated carbocycles. The van der Waals surface area contributed by atoms with Crippen LogP contribution in [-0.4, -0.2) is 58.0 Å². The molecule has 1 saturated heterocycles. The molecular weight excluding hydrogens is 278 g/mol. The molecule has 114 valence electrons. The van der Waals surface area contributed by atoms with E-state index in [9.17, 15) is 8.42 Å². The highest BCUT2D eigenvalue weighted by molar-refractivity contribution is 7.86. The summed E-state index contributed by atoms with van der Waals surface area (Å²) in [4.78, 5) is 0. The Hall–Kier alpha value is -0.990. The minimum Gasteiger partial charge on any atom is -0.320 e. The Morgan fingerprint density at radius 2 is 2.10 bits per heavy atom. The van der Waals surface area contributed by atoms with Crippen molar-refractivity contribution in [2.45, 2.75) is 32.6 Å². The molecule has 1 aliphatic heterocycles. The van der Waals surface area contributed by atoms with Gasteiger partial charge in [-0.25, -0.2) is 0 Å². The van der Waals surface area contributed by atoms with Crippen molar-refractivity contribution in [1.82, 2.24) is 23.4 Å². The zero-order chi connectivity index (χ0) is 14.8. The second-order valence-electron chi connectivity index (χ2n) is 5.09. The molecule has 0 bridgehead atoms. The lowest BCUT2D eigenvalue weighted by molar-refractivity contribution is 0.281. The molecule has 0 aromatic carbocycles. The van der Waals surface area contributed by atoms with Crippen molar-refractivity contribution in [2.75, 3.05) is 26.2 Å². The zero-order valence-electron chi connectivity index (χ0n) is 12.4. The first-order valence-corrected chi connectivity index (χ1v) is 8.49. The Morgan fingerprint density at radius 1 is 1.40 bits per heavy atom. The molecule has 7 nitrogen and oxygen atoms in total. The van der Waals surface area contributed by atoms with Gasteiger partial charge >= 0.3 is 0 Å². The molecule has 0 N–H and O–H groups in total. The molecule has 1 aromatic rings. The van der Waals surface area contributed by atoms with Crippen LogP contribution in [0.25, 0.3) is 0 Å². The number of aromatic nitrogens is 3. The third-order valence-electron chi connectivity index (χ3n) is 3.85. The highest BCUT2D eigenvalue weighted by Gasteiger charge is 2.34. The van der Waals surface area contributed by atoms with Gasteiger partial charge in [0.15, 0.2) is 0 Å². The van der Waals surface area contributed by atoms with Crippen molar-refractivity contribution in [3.63, 3.8) is 0 Å². The molecule has 20 heavy (non-hydrogen) atoms. The van der Waals surface area contributed by atoms with E-state index in [1.54, 1.807) is 10.6 Å². The number of rotatable bonds is 5. The molecule has 0 radical (unpaired) electrons. The van der Waals surface area contributed by atoms with Crippen LogP contribution in [-0.2, 0) is 17.3 Å². The Balaban J connectivity index is 2.17. The number of hydrogen-bond donors (Lipinski definition) is 0. The summed E-state index contributed by atoms with van der Waals surface area (Å²) in [6.45, 7) is 5.82. The van der Waals surface area contributed by atoms with Crippen molar-refractivity contribution in [3.05, 3.63) is 12.2 Å². The number of piperidine rings is 1. The van der Waals surface area contributed by atoms with E-state index in [4.69, 9.17) is 0 Å². The number of hydrogen-bond acceptors (Lipinski definition) is 4. The lowest BCUT2D eigenvalue weighted by atomic mass is 9.99. The van der Waals surface area contributed by atoms with E-state index >= 15 is 0 Å². The highest BCUT2D eigenvalue weighted by Crippen LogP contribution is 2.27. The summed E-state index contributed by atoms with van der Waals surface area (Å²) in [5.74, 6) is 0.992. The second-order valence-corrected chi connectivity index (χ2v) is 7.02. The summed E-state index contributed by atoms with van der Waals surface area (Å²) in [5.41, 5.74) is 0. The predicted octanol–water partition coefficient (Wildman–Crippen LogP) is 0.581. The van der Waals surface area contributed by atoms with Crippen molar-refractivity contribution in [1.29, 1.82) is 0 Å². The molecule has 1 atom stereocenters. The summed E-state index contributed by atoms with van der Waals surface area (Å²) in [7, 11) is -1.46. The van der Waals surface area contributed by atoms with E-state index < -0.39 is 10.2 Å². The van der Waals surface area contributed by atoms with E-state index in [1.807, 2.05) is 25.5 Å². The first-order chi connectivity index (χ1) is 9.50. The van der Waals surface area contributed by atoms with Gasteiger partial charge in [0.2, 0.25) is 0 Å². The summed E-state index contributed by atoms with van der Waals surface area (Å²) >= 11 is 0. The van der Waals surface area contributed by atoms with E-state index in [2.05, 4.69) is 10.2 Å². The van der Waals surface area contributed by atoms with Crippen LogP contribution in [0.4, 0.5) is 0 Å². The standard InChI is InChI=1S/C12H23N5O2S/c1-4-16(5-2)20(18,19)17-8-6-7-11(9-17)12-14-13-10-15(12)3/h10-11H,4-9H2,1-3H3/t11-/m0/s1. The smallest absolute Gasteiger partial charge is 0.281 e. The lowest BCUT2D eigenvalue weighted by Gasteiger charge is -2.34. The monoisotopic (exact) mass is 301 g/mol. The fourth-order valence-electron chi connectivity index (χ4n) is 2.74. The summed E-state index contributed by atoms with van der Waals surface area (Å²) in [5, 5.41) is 8.01. The van der Waals surface area contributed by atoms with Crippen molar-refractivity contribution in [2.24, 2.45) is 7.05 Å². The molecule has 0 aliphatic carbocycles. The van der Waals surface area contributed by atoms with Gasteiger partial charge in [-0.15, -0.1) is 10.2 Å². The average Bonchev–Trinajstić information content (AvgIpc) is 2.86. The minimum absolute atomic E-state index is 0.126. The van der Waals surface area contributed by atoms with Gasteiger partial charge in [0.05, 0.1) is 0 Å². The van der Waals surface area contributed by atoms with Gasteiger partial charge in [-0.1, -0.05) is 13.8 Å². The van der Waals surface area contributed by atoms with Crippen LogP contribution in [0, 0.1) is 0 Å². The molecule has 0 unspecified atom stereocenters. The molecular formula is C12H23N5O2S. The number of aryl methyl sites for hydroxylation is 1. The maximum atomic E-state index is 12.6. The van der Waals surface area contributed by atoms with E-state index in [-0.39, 0.29) is 5.92 Å². The van der Waals surface area contributed by atoms with Crippen LogP contribution in [0.5, 0.6) is 0 Å². The van der Waals surface area contributed by atoms with Gasteiger partial charge in [-0.2, -0.15) is 17.0 Å². The van der Waals surface area contributed by atoms with Crippen LogP contribution in [0.3, 0.4) is 0 Å². The summed E-state index contributed by atoms with van der Waals surface area (Å²) in [6, 6.07) is 0. The Labute approximate surface area is 120 Å². The molecule has 0 amide bonds. The minimum atomic E-state index is -3.35. The predicted molar refractivity (Wildman–Crippen MR) is 76.4 cm³/mol. The van der Waals surface area contributed by atoms with Crippen LogP contribution in [0.15, 0.2) is 6.33 Å². The van der Waals surface area contributed by atoms with E-state index in [0.717, 1.165) is 18.7 Å². The Bertz CT molecular complexity index is 538. The van der Waals surface area contributed by atoms with Crippen LogP contribution in [0.1, 0.15) is 38.4 Å². The molecule has 1 fully saturated rings. The average molecular weight is 301 g/mol. The zero-order valence-corrected chi connectivity index (χ0v) is 13.2. The Kier molecular flexibility index (Phi) is 4.77. The third-order valence-corrected chi connectivity index (χ3v) is 6.01. The van der Waals surface area contributed by atoms with Gasteiger partial charge in [0.1, 0.15) is 12.2 Å². The summed E-state index contributed by atoms with van der Waals surface area (Å²) in [6.07, 6.45) is 3.47. The van der Waals surface area contributed by atoms with Gasteiger partial charge < -0.3 is 4.57 Å². The lowest BCUT2D eigenvalue weighted by Crippen LogP contribution is -2.47. The maximum Gasteiger partial charge on any atom is 0.281 e. The third kappa shape index (κ3) is 2.87. The maximum absolute atomic E-state index is 12.6. The van der Waals surface area contributed by atoms with Gasteiger partial charge in [0.25, 0.3) is 10.2 Å². The van der Waals surface area contributed by atoms with Crippen molar-refractivity contribution in [3.8, 4) is 0 Å². The quantitative estimate of drug-likeness (QED) is 0.797. The Morgan fingerprint density at radius 3 is 2.65 bits per heavy atom. The molecule has 0 spiro atoms.